The molecule has 0 aromatic heterocycles. The van der Waals surface area contributed by atoms with Crippen molar-refractivity contribution < 1.29 is 17.9 Å². The van der Waals surface area contributed by atoms with Gasteiger partial charge in [0.05, 0.1) is 6.61 Å². The molecule has 0 saturated heterocycles. The second-order valence-electron chi connectivity index (χ2n) is 6.28. The lowest BCUT2D eigenvalue weighted by atomic mass is 10.1. The van der Waals surface area contributed by atoms with Crippen LogP contribution < -0.4 is 14.8 Å². The lowest BCUT2D eigenvalue weighted by molar-refractivity contribution is 0.102. The van der Waals surface area contributed by atoms with E-state index in [1.807, 2.05) is 6.92 Å². The molecule has 6 nitrogen and oxygen atoms in total. The number of anilines is 1. The van der Waals surface area contributed by atoms with Gasteiger partial charge >= 0.3 is 0 Å². The van der Waals surface area contributed by atoms with Crippen molar-refractivity contribution >= 4 is 33.2 Å². The van der Waals surface area contributed by atoms with Gasteiger partial charge < -0.3 is 10.1 Å². The topological polar surface area (TPSA) is 84.5 Å². The molecule has 1 amide bonds. The summed E-state index contributed by atoms with van der Waals surface area (Å²) in [5.41, 5.74) is 1.60. The van der Waals surface area contributed by atoms with Crippen molar-refractivity contribution in [2.24, 2.45) is 0 Å². The molecule has 2 N–H and O–H groups in total. The molecule has 0 unspecified atom stereocenters. The summed E-state index contributed by atoms with van der Waals surface area (Å²) in [6.45, 7) is 7.34. The molecule has 0 fully saturated rings. The minimum absolute atomic E-state index is 0.0754. The minimum Gasteiger partial charge on any atom is -0.492 e. The molecule has 0 saturated carbocycles. The maximum atomic E-state index is 12.6. The lowest BCUT2D eigenvalue weighted by Gasteiger charge is -2.15. The summed E-state index contributed by atoms with van der Waals surface area (Å²) in [7, 11) is -3.83. The second-order valence-corrected chi connectivity index (χ2v) is 8.40. The number of rotatable bonds is 7. The Kier molecular flexibility index (Phi) is 6.86. The van der Waals surface area contributed by atoms with E-state index in [0.29, 0.717) is 17.3 Å². The maximum Gasteiger partial charge on any atom is 0.255 e. The van der Waals surface area contributed by atoms with Gasteiger partial charge in [0.25, 0.3) is 5.91 Å². The van der Waals surface area contributed by atoms with Crippen LogP contribution in [-0.2, 0) is 10.0 Å². The number of benzene rings is 2. The smallest absolute Gasteiger partial charge is 0.255 e. The number of sulfonamides is 1. The summed E-state index contributed by atoms with van der Waals surface area (Å²) in [6, 6.07) is 9.18. The van der Waals surface area contributed by atoms with Crippen molar-refractivity contribution in [1.82, 2.24) is 4.72 Å². The molecule has 2 aromatic carbocycles. The molecular formula is C19H23ClN2O4S. The number of aryl methyl sites for hydroxylation is 1. The Morgan fingerprint density at radius 2 is 1.89 bits per heavy atom. The molecule has 2 aromatic rings. The Balaban J connectivity index is 2.41. The van der Waals surface area contributed by atoms with Crippen molar-refractivity contribution in [3.8, 4) is 5.75 Å². The molecule has 0 aliphatic rings. The third-order valence-electron chi connectivity index (χ3n) is 3.63. The van der Waals surface area contributed by atoms with E-state index in [0.717, 1.165) is 5.56 Å². The van der Waals surface area contributed by atoms with E-state index in [2.05, 4.69) is 10.0 Å². The number of carbonyl (C=O) groups excluding carboxylic acids is 1. The molecule has 146 valence electrons. The summed E-state index contributed by atoms with van der Waals surface area (Å²) < 4.78 is 33.2. The number of carbonyl (C=O) groups is 1. The van der Waals surface area contributed by atoms with Crippen LogP contribution >= 0.6 is 11.6 Å². The summed E-state index contributed by atoms with van der Waals surface area (Å²) in [5, 5.41) is 3.25. The SMILES string of the molecule is CCOc1ccc(C(=O)Nc2cc(Cl)ccc2C)cc1S(=O)(=O)NC(C)C. The van der Waals surface area contributed by atoms with Gasteiger partial charge in [0, 0.05) is 22.3 Å². The van der Waals surface area contributed by atoms with Gasteiger partial charge in [0.15, 0.2) is 0 Å². The minimum atomic E-state index is -3.83. The average molecular weight is 411 g/mol. The molecule has 0 bridgehead atoms. The van der Waals surface area contributed by atoms with Crippen molar-refractivity contribution in [3.63, 3.8) is 0 Å². The van der Waals surface area contributed by atoms with Gasteiger partial charge in [-0.05, 0) is 63.6 Å². The molecule has 0 aliphatic heterocycles. The lowest BCUT2D eigenvalue weighted by Crippen LogP contribution is -2.30. The van der Waals surface area contributed by atoms with Gasteiger partial charge in [-0.3, -0.25) is 4.79 Å². The summed E-state index contributed by atoms with van der Waals surface area (Å²) in [5.74, 6) is -0.245. The highest BCUT2D eigenvalue weighted by Gasteiger charge is 2.23. The van der Waals surface area contributed by atoms with E-state index in [1.165, 1.54) is 18.2 Å². The highest BCUT2D eigenvalue weighted by atomic mass is 35.5. The zero-order valence-corrected chi connectivity index (χ0v) is 17.2. The molecule has 0 heterocycles. The molecule has 0 aliphatic carbocycles. The largest absolute Gasteiger partial charge is 0.492 e. The molecule has 27 heavy (non-hydrogen) atoms. The van der Waals surface area contributed by atoms with Crippen molar-refractivity contribution in [1.29, 1.82) is 0 Å². The normalized spacial score (nSPS) is 11.5. The fourth-order valence-corrected chi connectivity index (χ4v) is 4.02. The standard InChI is InChI=1S/C19H23ClN2O4S/c1-5-26-17-9-7-14(10-18(17)27(24,25)22-12(2)3)19(23)21-16-11-15(20)8-6-13(16)4/h6-12,22H,5H2,1-4H3,(H,21,23). The monoisotopic (exact) mass is 410 g/mol. The van der Waals surface area contributed by atoms with Gasteiger partial charge in [-0.2, -0.15) is 0 Å². The number of nitrogens with one attached hydrogen (secondary N) is 2. The van der Waals surface area contributed by atoms with E-state index in [4.69, 9.17) is 16.3 Å². The van der Waals surface area contributed by atoms with Crippen molar-refractivity contribution in [3.05, 3.63) is 52.5 Å². The van der Waals surface area contributed by atoms with Gasteiger partial charge in [0.1, 0.15) is 10.6 Å². The van der Waals surface area contributed by atoms with Crippen molar-refractivity contribution in [2.75, 3.05) is 11.9 Å². The van der Waals surface area contributed by atoms with E-state index in [1.54, 1.807) is 39.0 Å². The van der Waals surface area contributed by atoms with Crippen LogP contribution in [0.1, 0.15) is 36.7 Å². The number of halogens is 1. The molecule has 0 atom stereocenters. The van der Waals surface area contributed by atoms with E-state index < -0.39 is 15.9 Å². The first-order valence-electron chi connectivity index (χ1n) is 8.50. The molecule has 8 heteroatoms. The predicted octanol–water partition coefficient (Wildman–Crippen LogP) is 3.99. The van der Waals surface area contributed by atoms with Crippen molar-refractivity contribution in [2.45, 2.75) is 38.6 Å². The first-order chi connectivity index (χ1) is 12.6. The van der Waals surface area contributed by atoms with Crippen LogP contribution in [0.4, 0.5) is 5.69 Å². The van der Waals surface area contributed by atoms with Gasteiger partial charge in [0.2, 0.25) is 10.0 Å². The van der Waals surface area contributed by atoms with E-state index >= 15 is 0 Å². The van der Waals surface area contributed by atoms with Crippen LogP contribution in [0.3, 0.4) is 0 Å². The number of hydrogen-bond donors (Lipinski definition) is 2. The molecule has 0 spiro atoms. The van der Waals surface area contributed by atoms with Crippen LogP contribution in [0.25, 0.3) is 0 Å². The van der Waals surface area contributed by atoms with Gasteiger partial charge in [-0.25, -0.2) is 13.1 Å². The summed E-state index contributed by atoms with van der Waals surface area (Å²) in [4.78, 5) is 12.6. The van der Waals surface area contributed by atoms with Gasteiger partial charge in [-0.1, -0.05) is 17.7 Å². The van der Waals surface area contributed by atoms with Crippen LogP contribution in [0.15, 0.2) is 41.3 Å². The highest BCUT2D eigenvalue weighted by molar-refractivity contribution is 7.89. The number of ether oxygens (including phenoxy) is 1. The third-order valence-corrected chi connectivity index (χ3v) is 5.55. The summed E-state index contributed by atoms with van der Waals surface area (Å²) >= 11 is 5.98. The van der Waals surface area contributed by atoms with Crippen LogP contribution in [0, 0.1) is 6.92 Å². The third kappa shape index (κ3) is 5.45. The molecular weight excluding hydrogens is 388 g/mol. The Morgan fingerprint density at radius 3 is 2.52 bits per heavy atom. The van der Waals surface area contributed by atoms with Gasteiger partial charge in [-0.15, -0.1) is 0 Å². The summed E-state index contributed by atoms with van der Waals surface area (Å²) in [6.07, 6.45) is 0. The Hall–Kier alpha value is -2.09. The van der Waals surface area contributed by atoms with Crippen LogP contribution in [-0.4, -0.2) is 27.0 Å². The quantitative estimate of drug-likeness (QED) is 0.722. The fraction of sp³-hybridized carbons (Fsp3) is 0.316. The first kappa shape index (κ1) is 21.2. The Bertz CT molecular complexity index is 943. The van der Waals surface area contributed by atoms with Crippen LogP contribution in [0.5, 0.6) is 5.75 Å². The Labute approximate surface area is 164 Å². The first-order valence-corrected chi connectivity index (χ1v) is 10.4. The average Bonchev–Trinajstić information content (AvgIpc) is 2.57. The second kappa shape index (κ2) is 8.73. The predicted molar refractivity (Wildman–Crippen MR) is 107 cm³/mol. The number of hydrogen-bond acceptors (Lipinski definition) is 4. The molecule has 0 radical (unpaired) electrons. The number of amides is 1. The zero-order valence-electron chi connectivity index (χ0n) is 15.7. The zero-order chi connectivity index (χ0) is 20.2. The molecule has 2 rings (SSSR count). The fourth-order valence-electron chi connectivity index (χ4n) is 2.43. The highest BCUT2D eigenvalue weighted by Crippen LogP contribution is 2.27. The Morgan fingerprint density at radius 1 is 1.19 bits per heavy atom. The maximum absolute atomic E-state index is 12.6. The van der Waals surface area contributed by atoms with E-state index in [-0.39, 0.29) is 22.3 Å². The van der Waals surface area contributed by atoms with Crippen LogP contribution in [0.2, 0.25) is 5.02 Å². The van der Waals surface area contributed by atoms with E-state index in [9.17, 15) is 13.2 Å².